The maximum absolute atomic E-state index is 12.7. The number of ether oxygens (including phenoxy) is 2. The van der Waals surface area contributed by atoms with Crippen molar-refractivity contribution in [3.8, 4) is 0 Å². The Morgan fingerprint density at radius 1 is 0.610 bits per heavy atom. The summed E-state index contributed by atoms with van der Waals surface area (Å²) in [5.74, 6) is -0.901. The van der Waals surface area contributed by atoms with Crippen LogP contribution in [-0.4, -0.2) is 86.1 Å². The molecule has 0 aliphatic heterocycles. The van der Waals surface area contributed by atoms with E-state index in [0.29, 0.717) is 30.3 Å². The fraction of sp³-hybridized carbons (Fsp3) is 0.792. The van der Waals surface area contributed by atoms with Gasteiger partial charge in [-0.05, 0) is 44.9 Å². The Kier molecular flexibility index (Phi) is 38.6. The summed E-state index contributed by atoms with van der Waals surface area (Å²) in [4.78, 5) is 35.4. The summed E-state index contributed by atoms with van der Waals surface area (Å²) >= 11 is 0. The molecule has 2 N–H and O–H groups in total. The molecule has 11 heteroatoms. The van der Waals surface area contributed by atoms with Crippen molar-refractivity contribution in [3.05, 3.63) is 48.6 Å². The van der Waals surface area contributed by atoms with Crippen molar-refractivity contribution in [2.75, 3.05) is 47.5 Å². The van der Waals surface area contributed by atoms with Crippen LogP contribution in [0.2, 0.25) is 0 Å². The summed E-state index contributed by atoms with van der Waals surface area (Å²) in [6.07, 6.45) is 43.3. The average Bonchev–Trinajstić information content (AvgIpc) is 3.18. The molecule has 0 aromatic rings. The van der Waals surface area contributed by atoms with Crippen molar-refractivity contribution in [3.63, 3.8) is 0 Å². The van der Waals surface area contributed by atoms with Gasteiger partial charge < -0.3 is 24.0 Å². The second-order valence-corrected chi connectivity index (χ2v) is 18.4. The van der Waals surface area contributed by atoms with E-state index in [1.165, 1.54) is 109 Å². The Morgan fingerprint density at radius 2 is 1.14 bits per heavy atom. The van der Waals surface area contributed by atoms with Crippen molar-refractivity contribution in [1.29, 1.82) is 0 Å². The van der Waals surface area contributed by atoms with Gasteiger partial charge in [-0.2, -0.15) is 0 Å². The number of quaternary nitrogens is 1. The molecule has 0 aromatic heterocycles. The Morgan fingerprint density at radius 3 is 1.73 bits per heavy atom. The molecule has 0 saturated carbocycles. The molecular weight excluding hydrogens is 766 g/mol. The lowest BCUT2D eigenvalue weighted by Gasteiger charge is -2.24. The van der Waals surface area contributed by atoms with Crippen molar-refractivity contribution in [2.45, 2.75) is 199 Å². The molecule has 0 spiro atoms. The van der Waals surface area contributed by atoms with Gasteiger partial charge in [0.2, 0.25) is 0 Å². The minimum absolute atomic E-state index is 0.00973. The highest BCUT2D eigenvalue weighted by atomic mass is 31.2. The zero-order chi connectivity index (χ0) is 43.7. The highest BCUT2D eigenvalue weighted by Gasteiger charge is 2.27. The van der Waals surface area contributed by atoms with Crippen molar-refractivity contribution in [1.82, 2.24) is 0 Å². The van der Waals surface area contributed by atoms with Crippen LogP contribution in [0.1, 0.15) is 187 Å². The monoisotopic (exact) mass is 855 g/mol. The Bertz CT molecular complexity index is 1160. The zero-order valence-electron chi connectivity index (χ0n) is 38.3. The van der Waals surface area contributed by atoms with E-state index in [4.69, 9.17) is 18.5 Å². The number of nitrogens with zero attached hydrogens (tertiary/aromatic N) is 1. The molecule has 3 atom stereocenters. The number of aliphatic hydroxyl groups is 1. The lowest BCUT2D eigenvalue weighted by molar-refractivity contribution is -0.870. The molecule has 0 aliphatic rings. The first-order valence-corrected chi connectivity index (χ1v) is 25.0. The number of aliphatic hydroxyl groups excluding tert-OH is 1. The third-order valence-corrected chi connectivity index (χ3v) is 10.9. The molecule has 0 radical (unpaired) electrons. The molecule has 0 saturated heterocycles. The number of likely N-dealkylation sites (N-methyl/N-ethyl adjacent to an activating group) is 1. The van der Waals surface area contributed by atoms with Crippen LogP contribution in [0.25, 0.3) is 0 Å². The third kappa shape index (κ3) is 43.8. The number of allylic oxidation sites excluding steroid dienone is 6. The number of carbonyl (C=O) groups is 2. The first kappa shape index (κ1) is 56.9. The van der Waals surface area contributed by atoms with Crippen LogP contribution in [-0.2, 0) is 32.7 Å². The van der Waals surface area contributed by atoms with Gasteiger partial charge in [0, 0.05) is 12.8 Å². The number of esters is 2. The maximum atomic E-state index is 12.7. The van der Waals surface area contributed by atoms with E-state index in [2.05, 4.69) is 19.9 Å². The van der Waals surface area contributed by atoms with E-state index < -0.39 is 38.6 Å². The number of carbonyl (C=O) groups excluding carboxylic acids is 2. The lowest BCUT2D eigenvalue weighted by atomic mass is 10.0. The number of hydrogen-bond acceptors (Lipinski definition) is 8. The first-order chi connectivity index (χ1) is 28.4. The molecule has 59 heavy (non-hydrogen) atoms. The Labute approximate surface area is 361 Å². The predicted octanol–water partition coefficient (Wildman–Crippen LogP) is 12.4. The molecule has 344 valence electrons. The minimum Gasteiger partial charge on any atom is -0.462 e. The van der Waals surface area contributed by atoms with E-state index in [1.807, 2.05) is 57.6 Å². The zero-order valence-corrected chi connectivity index (χ0v) is 39.2. The molecule has 0 bridgehead atoms. The second-order valence-electron chi connectivity index (χ2n) is 17.0. The summed E-state index contributed by atoms with van der Waals surface area (Å²) in [7, 11) is 1.40. The molecule has 0 amide bonds. The fourth-order valence-electron chi connectivity index (χ4n) is 6.20. The molecule has 0 fully saturated rings. The highest BCUT2D eigenvalue weighted by molar-refractivity contribution is 7.47. The number of rotatable bonds is 42. The van der Waals surface area contributed by atoms with Crippen molar-refractivity contribution < 1.29 is 47.2 Å². The lowest BCUT2D eigenvalue weighted by Crippen LogP contribution is -2.37. The smallest absolute Gasteiger partial charge is 0.462 e. The van der Waals surface area contributed by atoms with Crippen LogP contribution in [0.5, 0.6) is 0 Å². The van der Waals surface area contributed by atoms with E-state index in [-0.39, 0.29) is 26.1 Å². The van der Waals surface area contributed by atoms with Gasteiger partial charge in [-0.3, -0.25) is 18.6 Å². The molecule has 0 aliphatic carbocycles. The van der Waals surface area contributed by atoms with Crippen LogP contribution < -0.4 is 0 Å². The van der Waals surface area contributed by atoms with E-state index >= 15 is 0 Å². The van der Waals surface area contributed by atoms with Crippen LogP contribution >= 0.6 is 7.82 Å². The van der Waals surface area contributed by atoms with E-state index in [0.717, 1.165) is 32.1 Å². The van der Waals surface area contributed by atoms with Crippen LogP contribution in [0.3, 0.4) is 0 Å². The molecule has 0 heterocycles. The third-order valence-electron chi connectivity index (χ3n) is 9.94. The summed E-state index contributed by atoms with van der Waals surface area (Å²) in [6.45, 7) is 4.25. The summed E-state index contributed by atoms with van der Waals surface area (Å²) < 4.78 is 34.2. The predicted molar refractivity (Wildman–Crippen MR) is 244 cm³/mol. The van der Waals surface area contributed by atoms with Gasteiger partial charge in [0.15, 0.2) is 6.10 Å². The van der Waals surface area contributed by atoms with E-state index in [1.54, 1.807) is 6.08 Å². The van der Waals surface area contributed by atoms with Gasteiger partial charge in [0.05, 0.1) is 33.9 Å². The average molecular weight is 855 g/mol. The summed E-state index contributed by atoms with van der Waals surface area (Å²) in [5.41, 5.74) is 0. The normalized spacial score (nSPS) is 14.5. The number of phosphoric ester groups is 1. The molecular formula is C48H89NO9P+. The molecule has 0 rings (SSSR count). The van der Waals surface area contributed by atoms with Gasteiger partial charge in [-0.1, -0.05) is 178 Å². The number of hydrogen-bond donors (Lipinski definition) is 2. The first-order valence-electron chi connectivity index (χ1n) is 23.5. The number of unbranched alkanes of at least 4 members (excludes halogenated alkanes) is 20. The van der Waals surface area contributed by atoms with Gasteiger partial charge in [-0.15, -0.1) is 0 Å². The standard InChI is InChI=1S/C48H88NO9P/c1-6-8-10-12-14-15-16-17-18-19-20-21-22-23-27-31-35-39-47(51)55-43-46(44-57-59(53,54)56-42-41-49(3,4)5)58-48(52)40-36-32-28-24-26-30-34-38-45(50)37-33-29-25-13-11-9-7-2/h24-25,28-30,33-34,37,45-46,50H,6-23,26-27,31-32,35-36,38-44H2,1-5H3/p+1/b28-24+,29-25-,34-30-,37-33-/t45-,46+/m0/s1. The van der Waals surface area contributed by atoms with Gasteiger partial charge in [0.25, 0.3) is 0 Å². The SMILES string of the molecule is CCCCC/C=C\C=C/[C@H](O)C/C=C\C/C=C/CCCC(=O)O[C@H](COC(=O)CCCCCCCCCCCCCCCCCCC)COP(=O)(O)OCC[N+](C)(C)C. The molecule has 10 nitrogen and oxygen atoms in total. The van der Waals surface area contributed by atoms with Gasteiger partial charge >= 0.3 is 19.8 Å². The quantitative estimate of drug-likeness (QED) is 0.0154. The topological polar surface area (TPSA) is 129 Å². The van der Waals surface area contributed by atoms with Crippen LogP contribution in [0, 0.1) is 0 Å². The van der Waals surface area contributed by atoms with Crippen LogP contribution in [0.15, 0.2) is 48.6 Å². The molecule has 0 aromatic carbocycles. The van der Waals surface area contributed by atoms with Gasteiger partial charge in [-0.25, -0.2) is 4.57 Å². The second kappa shape index (κ2) is 40.0. The van der Waals surface area contributed by atoms with Crippen molar-refractivity contribution in [2.24, 2.45) is 0 Å². The molecule has 1 unspecified atom stereocenters. The minimum atomic E-state index is -4.41. The Balaban J connectivity index is 4.46. The summed E-state index contributed by atoms with van der Waals surface area (Å²) in [6, 6.07) is 0. The maximum Gasteiger partial charge on any atom is 0.472 e. The highest BCUT2D eigenvalue weighted by Crippen LogP contribution is 2.43. The van der Waals surface area contributed by atoms with Crippen LogP contribution in [0.4, 0.5) is 0 Å². The van der Waals surface area contributed by atoms with Gasteiger partial charge in [0.1, 0.15) is 19.8 Å². The summed E-state index contributed by atoms with van der Waals surface area (Å²) in [5, 5.41) is 10.1. The fourth-order valence-corrected chi connectivity index (χ4v) is 6.95. The Hall–Kier alpha value is -2.07. The van der Waals surface area contributed by atoms with Crippen molar-refractivity contribution >= 4 is 19.8 Å². The van der Waals surface area contributed by atoms with E-state index in [9.17, 15) is 24.2 Å². The number of phosphoric acid groups is 1. The largest absolute Gasteiger partial charge is 0.472 e.